The van der Waals surface area contributed by atoms with Gasteiger partial charge in [0.2, 0.25) is 0 Å². The van der Waals surface area contributed by atoms with E-state index in [1.165, 1.54) is 0 Å². The zero-order valence-electron chi connectivity index (χ0n) is 11.9. The molecule has 0 radical (unpaired) electrons. The van der Waals surface area contributed by atoms with Gasteiger partial charge in [0.1, 0.15) is 5.65 Å². The number of carbonyl (C=O) groups is 1. The fraction of sp³-hybridized carbons (Fsp3) is 0.125. The second kappa shape index (κ2) is 5.69. The summed E-state index contributed by atoms with van der Waals surface area (Å²) in [5.41, 5.74) is 3.44. The molecule has 0 spiro atoms. The third-order valence-electron chi connectivity index (χ3n) is 3.54. The summed E-state index contributed by atoms with van der Waals surface area (Å²) in [5, 5.41) is 13.3. The van der Waals surface area contributed by atoms with Crippen LogP contribution in [0.1, 0.15) is 21.6 Å². The topological polar surface area (TPSA) is 66.6 Å². The number of aryl methyl sites for hydroxylation is 1. The normalized spacial score (nSPS) is 10.8. The highest BCUT2D eigenvalue weighted by molar-refractivity contribution is 6.30. The maximum Gasteiger partial charge on any atom is 0.355 e. The first-order valence-electron chi connectivity index (χ1n) is 6.74. The van der Waals surface area contributed by atoms with Gasteiger partial charge in [-0.3, -0.25) is 4.40 Å². The van der Waals surface area contributed by atoms with Crippen molar-refractivity contribution >= 4 is 28.9 Å². The highest BCUT2D eigenvalue weighted by atomic mass is 35.5. The predicted molar refractivity (Wildman–Crippen MR) is 85.7 cm³/mol. The van der Waals surface area contributed by atoms with Crippen LogP contribution >= 0.6 is 11.6 Å². The fourth-order valence-electron chi connectivity index (χ4n) is 2.40. The van der Waals surface area contributed by atoms with E-state index in [1.807, 2.05) is 25.1 Å². The third kappa shape index (κ3) is 2.63. The van der Waals surface area contributed by atoms with E-state index in [9.17, 15) is 9.90 Å². The van der Waals surface area contributed by atoms with Gasteiger partial charge in [0.05, 0.1) is 5.69 Å². The summed E-state index contributed by atoms with van der Waals surface area (Å²) in [4.78, 5) is 15.7. The Balaban J connectivity index is 1.93. The van der Waals surface area contributed by atoms with Crippen molar-refractivity contribution < 1.29 is 9.90 Å². The highest BCUT2D eigenvalue weighted by Crippen LogP contribution is 2.21. The molecule has 0 atom stereocenters. The molecule has 3 rings (SSSR count). The van der Waals surface area contributed by atoms with Gasteiger partial charge in [-0.15, -0.1) is 0 Å². The molecule has 0 fully saturated rings. The van der Waals surface area contributed by atoms with Gasteiger partial charge in [-0.25, -0.2) is 9.78 Å². The van der Waals surface area contributed by atoms with Crippen molar-refractivity contribution in [3.8, 4) is 0 Å². The SMILES string of the molecule is Cc1cc(Cl)ccc1CNc1ccc2nccn2c1C(=O)O. The fourth-order valence-corrected chi connectivity index (χ4v) is 2.63. The average molecular weight is 316 g/mol. The second-order valence-corrected chi connectivity index (χ2v) is 5.42. The molecular formula is C16H14ClN3O2. The van der Waals surface area contributed by atoms with Crippen LogP contribution in [0.15, 0.2) is 42.7 Å². The number of pyridine rings is 1. The molecule has 2 aromatic heterocycles. The van der Waals surface area contributed by atoms with E-state index in [0.717, 1.165) is 11.1 Å². The summed E-state index contributed by atoms with van der Waals surface area (Å²) >= 11 is 5.95. The summed E-state index contributed by atoms with van der Waals surface area (Å²) in [5.74, 6) is -1.00. The van der Waals surface area contributed by atoms with Crippen molar-refractivity contribution in [3.63, 3.8) is 0 Å². The van der Waals surface area contributed by atoms with E-state index in [2.05, 4.69) is 10.3 Å². The quantitative estimate of drug-likeness (QED) is 0.772. The van der Waals surface area contributed by atoms with Crippen LogP contribution in [-0.2, 0) is 6.54 Å². The summed E-state index contributed by atoms with van der Waals surface area (Å²) in [6, 6.07) is 9.15. The van der Waals surface area contributed by atoms with Crippen molar-refractivity contribution in [1.82, 2.24) is 9.38 Å². The Hall–Kier alpha value is -2.53. The molecule has 22 heavy (non-hydrogen) atoms. The first kappa shape index (κ1) is 14.4. The Kier molecular flexibility index (Phi) is 3.73. The maximum atomic E-state index is 11.6. The average Bonchev–Trinajstić information content (AvgIpc) is 2.93. The van der Waals surface area contributed by atoms with Crippen LogP contribution in [0.25, 0.3) is 5.65 Å². The van der Waals surface area contributed by atoms with Crippen molar-refractivity contribution in [2.24, 2.45) is 0 Å². The lowest BCUT2D eigenvalue weighted by atomic mass is 10.1. The molecule has 112 valence electrons. The molecule has 6 heteroatoms. The Labute approximate surface area is 132 Å². The van der Waals surface area contributed by atoms with Crippen LogP contribution in [0, 0.1) is 6.92 Å². The number of aromatic carboxylic acids is 1. The van der Waals surface area contributed by atoms with Crippen molar-refractivity contribution in [3.05, 3.63) is 64.6 Å². The second-order valence-electron chi connectivity index (χ2n) is 4.98. The smallest absolute Gasteiger partial charge is 0.355 e. The number of aromatic nitrogens is 2. The molecule has 0 aliphatic heterocycles. The molecule has 0 aliphatic rings. The van der Waals surface area contributed by atoms with Crippen LogP contribution in [0.3, 0.4) is 0 Å². The minimum atomic E-state index is -1.00. The number of fused-ring (bicyclic) bond motifs is 1. The molecule has 0 bridgehead atoms. The Morgan fingerprint density at radius 2 is 2.18 bits per heavy atom. The Bertz CT molecular complexity index is 858. The van der Waals surface area contributed by atoms with Gasteiger partial charge in [-0.2, -0.15) is 0 Å². The molecule has 0 unspecified atom stereocenters. The van der Waals surface area contributed by atoms with Crippen LogP contribution in [-0.4, -0.2) is 20.5 Å². The monoisotopic (exact) mass is 315 g/mol. The summed E-state index contributed by atoms with van der Waals surface area (Å²) in [6.07, 6.45) is 3.21. The Morgan fingerprint density at radius 3 is 2.91 bits per heavy atom. The lowest BCUT2D eigenvalue weighted by Gasteiger charge is -2.13. The number of halogens is 1. The number of carboxylic acids is 1. The molecule has 5 nitrogen and oxygen atoms in total. The molecule has 0 aliphatic carbocycles. The van der Waals surface area contributed by atoms with Crippen molar-refractivity contribution in [2.75, 3.05) is 5.32 Å². The van der Waals surface area contributed by atoms with Crippen LogP contribution < -0.4 is 5.32 Å². The van der Waals surface area contributed by atoms with Crippen molar-refractivity contribution in [2.45, 2.75) is 13.5 Å². The number of anilines is 1. The highest BCUT2D eigenvalue weighted by Gasteiger charge is 2.15. The van der Waals surface area contributed by atoms with E-state index in [4.69, 9.17) is 11.6 Å². The minimum absolute atomic E-state index is 0.168. The lowest BCUT2D eigenvalue weighted by Crippen LogP contribution is -2.11. The predicted octanol–water partition coefficient (Wildman–Crippen LogP) is 3.61. The summed E-state index contributed by atoms with van der Waals surface area (Å²) in [7, 11) is 0. The zero-order valence-corrected chi connectivity index (χ0v) is 12.6. The first-order chi connectivity index (χ1) is 10.6. The van der Waals surface area contributed by atoms with Gasteiger partial charge >= 0.3 is 5.97 Å². The Morgan fingerprint density at radius 1 is 1.36 bits per heavy atom. The molecule has 0 amide bonds. The van der Waals surface area contributed by atoms with Gasteiger partial charge in [-0.1, -0.05) is 17.7 Å². The molecule has 1 aromatic carbocycles. The number of carboxylic acid groups (broad SMARTS) is 1. The zero-order chi connectivity index (χ0) is 15.7. The van der Waals surface area contributed by atoms with E-state index < -0.39 is 5.97 Å². The lowest BCUT2D eigenvalue weighted by molar-refractivity contribution is 0.0690. The maximum absolute atomic E-state index is 11.6. The van der Waals surface area contributed by atoms with Gasteiger partial charge < -0.3 is 10.4 Å². The number of nitrogens with one attached hydrogen (secondary N) is 1. The van der Waals surface area contributed by atoms with E-state index in [1.54, 1.807) is 28.9 Å². The van der Waals surface area contributed by atoms with Gasteiger partial charge in [0.15, 0.2) is 5.69 Å². The van der Waals surface area contributed by atoms with E-state index in [0.29, 0.717) is 22.9 Å². The number of nitrogens with zero attached hydrogens (tertiary/aromatic N) is 2. The minimum Gasteiger partial charge on any atom is -0.476 e. The van der Waals surface area contributed by atoms with E-state index in [-0.39, 0.29) is 5.69 Å². The molecule has 2 N–H and O–H groups in total. The van der Waals surface area contributed by atoms with Gasteiger partial charge in [-0.05, 0) is 42.3 Å². The summed E-state index contributed by atoms with van der Waals surface area (Å²) in [6.45, 7) is 2.49. The van der Waals surface area contributed by atoms with E-state index >= 15 is 0 Å². The molecule has 0 saturated carbocycles. The number of benzene rings is 1. The van der Waals surface area contributed by atoms with Crippen LogP contribution in [0.2, 0.25) is 5.02 Å². The summed E-state index contributed by atoms with van der Waals surface area (Å²) < 4.78 is 1.55. The van der Waals surface area contributed by atoms with Gasteiger partial charge in [0.25, 0.3) is 0 Å². The number of hydrogen-bond donors (Lipinski definition) is 2. The molecular weight excluding hydrogens is 302 g/mol. The number of imidazole rings is 1. The molecule has 2 heterocycles. The first-order valence-corrected chi connectivity index (χ1v) is 7.12. The third-order valence-corrected chi connectivity index (χ3v) is 3.78. The molecule has 0 saturated heterocycles. The van der Waals surface area contributed by atoms with Crippen LogP contribution in [0.5, 0.6) is 0 Å². The van der Waals surface area contributed by atoms with Crippen LogP contribution in [0.4, 0.5) is 5.69 Å². The van der Waals surface area contributed by atoms with Crippen molar-refractivity contribution in [1.29, 1.82) is 0 Å². The molecule has 3 aromatic rings. The standard InChI is InChI=1S/C16H14ClN3O2/c1-10-8-12(17)3-2-11(10)9-19-13-4-5-14-18-6-7-20(14)15(13)16(21)22/h2-8,19H,9H2,1H3,(H,21,22). The number of hydrogen-bond acceptors (Lipinski definition) is 3. The largest absolute Gasteiger partial charge is 0.476 e. The number of rotatable bonds is 4. The van der Waals surface area contributed by atoms with Gasteiger partial charge in [0, 0.05) is 24.0 Å².